The van der Waals surface area contributed by atoms with Crippen LogP contribution in [0, 0.1) is 0 Å². The monoisotopic (exact) mass is 243 g/mol. The van der Waals surface area contributed by atoms with Crippen LogP contribution in [0.4, 0.5) is 5.69 Å². The fraction of sp³-hybridized carbons (Fsp3) is 0.222. The van der Waals surface area contributed by atoms with E-state index in [9.17, 15) is 8.42 Å². The third-order valence-electron chi connectivity index (χ3n) is 2.15. The zero-order valence-electron chi connectivity index (χ0n) is 7.73. The molecule has 2 rings (SSSR count). The van der Waals surface area contributed by atoms with Gasteiger partial charge in [-0.15, -0.1) is 0 Å². The van der Waals surface area contributed by atoms with Crippen molar-refractivity contribution in [2.24, 2.45) is 0 Å². The van der Waals surface area contributed by atoms with Crippen LogP contribution in [0.2, 0.25) is 0 Å². The first-order valence-electron chi connectivity index (χ1n) is 4.31. The summed E-state index contributed by atoms with van der Waals surface area (Å²) in [5.41, 5.74) is 2.44. The molecule has 1 heterocycles. The average molecular weight is 243 g/mol. The highest BCUT2D eigenvalue weighted by Crippen LogP contribution is 2.25. The number of hydrogen-bond acceptors (Lipinski definition) is 3. The second kappa shape index (κ2) is 3.55. The molecule has 4 nitrogen and oxygen atoms in total. The highest BCUT2D eigenvalue weighted by atomic mass is 32.2. The number of hydrogen-bond donors (Lipinski definition) is 2. The number of nitrogens with one attached hydrogen (secondary N) is 1. The van der Waals surface area contributed by atoms with E-state index in [1.165, 1.54) is 0 Å². The zero-order valence-corrected chi connectivity index (χ0v) is 9.36. The summed E-state index contributed by atoms with van der Waals surface area (Å²) < 4.78 is 30.0. The molecule has 1 aromatic rings. The first-order valence-corrected chi connectivity index (χ1v) is 6.32. The third kappa shape index (κ3) is 2.53. The Morgan fingerprint density at radius 2 is 2.20 bits per heavy atom. The summed E-state index contributed by atoms with van der Waals surface area (Å²) in [6, 6.07) is 5.20. The van der Waals surface area contributed by atoms with Crippen molar-refractivity contribution < 1.29 is 13.0 Å². The molecule has 0 aliphatic carbocycles. The Morgan fingerprint density at radius 3 is 2.87 bits per heavy atom. The maximum absolute atomic E-state index is 10.7. The Labute approximate surface area is 93.1 Å². The minimum absolute atomic E-state index is 0.366. The summed E-state index contributed by atoms with van der Waals surface area (Å²) in [4.78, 5) is 0.731. The summed E-state index contributed by atoms with van der Waals surface area (Å²) >= 11 is 5.00. The zero-order chi connectivity index (χ0) is 11.1. The number of thiocarbonyl (C=S) groups is 1. The smallest absolute Gasteiger partial charge is 0.269 e. The lowest BCUT2D eigenvalue weighted by atomic mass is 10.1. The molecule has 0 saturated heterocycles. The van der Waals surface area contributed by atoms with Gasteiger partial charge in [0.25, 0.3) is 10.1 Å². The molecule has 2 N–H and O–H groups in total. The van der Waals surface area contributed by atoms with Crippen LogP contribution in [0.3, 0.4) is 0 Å². The molecule has 0 aromatic heterocycles. The van der Waals surface area contributed by atoms with Gasteiger partial charge in [-0.3, -0.25) is 4.55 Å². The van der Waals surface area contributed by atoms with Crippen molar-refractivity contribution in [2.75, 3.05) is 5.32 Å². The SMILES string of the molecule is O=S(=O)(O)Cc1ccc2c(c1)NC(=S)C2. The van der Waals surface area contributed by atoms with Crippen molar-refractivity contribution in [3.8, 4) is 0 Å². The van der Waals surface area contributed by atoms with Crippen LogP contribution >= 0.6 is 12.2 Å². The van der Waals surface area contributed by atoms with E-state index in [0.29, 0.717) is 12.0 Å². The van der Waals surface area contributed by atoms with Crippen molar-refractivity contribution in [2.45, 2.75) is 12.2 Å². The van der Waals surface area contributed by atoms with Crippen LogP contribution in [0.25, 0.3) is 0 Å². The molecule has 15 heavy (non-hydrogen) atoms. The fourth-order valence-corrected chi connectivity index (χ4v) is 2.43. The van der Waals surface area contributed by atoms with Gasteiger partial charge in [-0.25, -0.2) is 0 Å². The van der Waals surface area contributed by atoms with Gasteiger partial charge in [-0.1, -0.05) is 24.4 Å². The van der Waals surface area contributed by atoms with Crippen LogP contribution < -0.4 is 5.32 Å². The average Bonchev–Trinajstić information content (AvgIpc) is 2.40. The Balaban J connectivity index is 2.31. The van der Waals surface area contributed by atoms with Gasteiger partial charge < -0.3 is 5.32 Å². The second-order valence-corrected chi connectivity index (χ2v) is 5.39. The van der Waals surface area contributed by atoms with E-state index in [2.05, 4.69) is 5.32 Å². The lowest BCUT2D eigenvalue weighted by molar-refractivity contribution is 0.482. The van der Waals surface area contributed by atoms with Crippen LogP contribution in [-0.2, 0) is 22.3 Å². The van der Waals surface area contributed by atoms with Crippen LogP contribution in [0.1, 0.15) is 11.1 Å². The van der Waals surface area contributed by atoms with E-state index in [0.717, 1.165) is 16.2 Å². The van der Waals surface area contributed by atoms with Crippen molar-refractivity contribution in [1.82, 2.24) is 0 Å². The van der Waals surface area contributed by atoms with Crippen LogP contribution in [0.15, 0.2) is 18.2 Å². The normalized spacial score (nSPS) is 14.9. The Bertz CT molecular complexity index is 522. The van der Waals surface area contributed by atoms with E-state index in [4.69, 9.17) is 16.8 Å². The molecule has 0 spiro atoms. The topological polar surface area (TPSA) is 66.4 Å². The quantitative estimate of drug-likeness (QED) is 0.606. The maximum Gasteiger partial charge on any atom is 0.269 e. The Hall–Kier alpha value is -0.980. The summed E-state index contributed by atoms with van der Waals surface area (Å²) in [6.45, 7) is 0. The van der Waals surface area contributed by atoms with Crippen LogP contribution in [-0.4, -0.2) is 18.0 Å². The molecule has 80 valence electrons. The van der Waals surface area contributed by atoms with Gasteiger partial charge in [0.05, 0.1) is 4.99 Å². The van der Waals surface area contributed by atoms with Gasteiger partial charge in [0.15, 0.2) is 0 Å². The molecule has 0 unspecified atom stereocenters. The summed E-state index contributed by atoms with van der Waals surface area (Å²) in [5.74, 6) is -0.366. The molecular formula is C9H9NO3S2. The fourth-order valence-electron chi connectivity index (χ4n) is 1.56. The van der Waals surface area contributed by atoms with Gasteiger partial charge in [-0.2, -0.15) is 8.42 Å². The minimum atomic E-state index is -3.97. The molecule has 6 heteroatoms. The Morgan fingerprint density at radius 1 is 1.47 bits per heavy atom. The summed E-state index contributed by atoms with van der Waals surface area (Å²) in [5, 5.41) is 2.98. The molecule has 1 aromatic carbocycles. The lowest BCUT2D eigenvalue weighted by Crippen LogP contribution is -2.02. The van der Waals surface area contributed by atoms with Crippen molar-refractivity contribution in [3.05, 3.63) is 29.3 Å². The molecular weight excluding hydrogens is 234 g/mol. The van der Waals surface area contributed by atoms with Gasteiger partial charge in [0.2, 0.25) is 0 Å². The summed E-state index contributed by atoms with van der Waals surface area (Å²) in [7, 11) is -3.97. The highest BCUT2D eigenvalue weighted by molar-refractivity contribution is 7.85. The van der Waals surface area contributed by atoms with E-state index in [1.54, 1.807) is 12.1 Å². The third-order valence-corrected chi connectivity index (χ3v) is 3.09. The van der Waals surface area contributed by atoms with Crippen molar-refractivity contribution in [1.29, 1.82) is 0 Å². The van der Waals surface area contributed by atoms with Gasteiger partial charge in [0, 0.05) is 12.1 Å². The lowest BCUT2D eigenvalue weighted by Gasteiger charge is -2.02. The van der Waals surface area contributed by atoms with Gasteiger partial charge >= 0.3 is 0 Å². The number of benzene rings is 1. The van der Waals surface area contributed by atoms with Gasteiger partial charge in [0.1, 0.15) is 5.75 Å². The van der Waals surface area contributed by atoms with Crippen molar-refractivity contribution in [3.63, 3.8) is 0 Å². The minimum Gasteiger partial charge on any atom is -0.350 e. The molecule has 1 aliphatic heterocycles. The van der Waals surface area contributed by atoms with E-state index >= 15 is 0 Å². The first-order chi connectivity index (χ1) is 6.94. The largest absolute Gasteiger partial charge is 0.350 e. The molecule has 0 atom stereocenters. The molecule has 0 bridgehead atoms. The first kappa shape index (κ1) is 10.5. The Kier molecular flexibility index (Phi) is 2.49. The summed E-state index contributed by atoms with van der Waals surface area (Å²) in [6.07, 6.45) is 0.691. The number of anilines is 1. The molecule has 0 radical (unpaired) electrons. The predicted octanol–water partition coefficient (Wildman–Crippen LogP) is 1.37. The van der Waals surface area contributed by atoms with Crippen LogP contribution in [0.5, 0.6) is 0 Å². The standard InChI is InChI=1S/C9H9NO3S2/c11-15(12,13)5-6-1-2-7-4-9(14)10-8(7)3-6/h1-3H,4-5H2,(H,10,14)(H,11,12,13). The number of rotatable bonds is 2. The van der Waals surface area contributed by atoms with E-state index in [-0.39, 0.29) is 5.75 Å². The number of fused-ring (bicyclic) bond motifs is 1. The maximum atomic E-state index is 10.7. The van der Waals surface area contributed by atoms with E-state index < -0.39 is 10.1 Å². The predicted molar refractivity (Wildman–Crippen MR) is 61.6 cm³/mol. The molecule has 0 amide bonds. The molecule has 0 fully saturated rings. The second-order valence-electron chi connectivity index (χ2n) is 3.44. The molecule has 0 saturated carbocycles. The van der Waals surface area contributed by atoms with Gasteiger partial charge in [-0.05, 0) is 17.2 Å². The highest BCUT2D eigenvalue weighted by Gasteiger charge is 2.16. The molecule has 1 aliphatic rings. The van der Waals surface area contributed by atoms with E-state index in [1.807, 2.05) is 6.07 Å². The van der Waals surface area contributed by atoms with Crippen molar-refractivity contribution >= 4 is 33.0 Å².